The molecule has 16 heavy (non-hydrogen) atoms. The maximum atomic E-state index is 11.5. The first kappa shape index (κ1) is 13.2. The summed E-state index contributed by atoms with van der Waals surface area (Å²) in [4.78, 5) is 11.5. The molecule has 3 N–H and O–H groups in total. The fourth-order valence-corrected chi connectivity index (χ4v) is 1.53. The first-order valence-electron chi connectivity index (χ1n) is 5.51. The maximum absolute atomic E-state index is 11.5. The maximum Gasteiger partial charge on any atom is 0.237 e. The first-order chi connectivity index (χ1) is 7.59. The highest BCUT2D eigenvalue weighted by atomic mass is 16.5. The molecule has 2 unspecified atom stereocenters. The molecular weight excluding hydrogens is 208 g/mol. The third kappa shape index (κ3) is 4.74. The molecule has 0 aliphatic carbocycles. The van der Waals surface area contributed by atoms with Gasteiger partial charge in [-0.3, -0.25) is 4.79 Å². The monoisotopic (exact) mass is 228 g/mol. The van der Waals surface area contributed by atoms with Crippen molar-refractivity contribution in [1.29, 1.82) is 0 Å². The van der Waals surface area contributed by atoms with Gasteiger partial charge >= 0.3 is 0 Å². The molecule has 1 heterocycles. The lowest BCUT2D eigenvalue weighted by atomic mass is 10.2. The van der Waals surface area contributed by atoms with Crippen molar-refractivity contribution in [3.63, 3.8) is 0 Å². The van der Waals surface area contributed by atoms with Gasteiger partial charge in [-0.15, -0.1) is 0 Å². The number of amides is 1. The van der Waals surface area contributed by atoms with E-state index in [2.05, 4.69) is 17.2 Å². The molecule has 0 bridgehead atoms. The fourth-order valence-electron chi connectivity index (χ4n) is 1.53. The molecule has 0 aromatic carbocycles. The van der Waals surface area contributed by atoms with Crippen LogP contribution in [0.3, 0.4) is 0 Å². The van der Waals surface area contributed by atoms with E-state index in [-0.39, 0.29) is 11.9 Å². The van der Waals surface area contributed by atoms with Gasteiger partial charge < -0.3 is 20.5 Å². The molecule has 0 radical (unpaired) electrons. The van der Waals surface area contributed by atoms with Crippen LogP contribution in [0.4, 0.5) is 0 Å². The van der Waals surface area contributed by atoms with E-state index in [9.17, 15) is 9.90 Å². The lowest BCUT2D eigenvalue weighted by Crippen LogP contribution is -2.41. The van der Waals surface area contributed by atoms with Crippen molar-refractivity contribution in [2.45, 2.75) is 25.5 Å². The highest BCUT2D eigenvalue weighted by Crippen LogP contribution is 2.05. The summed E-state index contributed by atoms with van der Waals surface area (Å²) in [6.07, 6.45) is 0.0776. The Bertz CT molecular complexity index is 256. The number of β-amino-alcohol motifs (C(OH)–C–C–N with tert-alkyl or cyclic N) is 1. The van der Waals surface area contributed by atoms with Crippen molar-refractivity contribution in [3.05, 3.63) is 12.2 Å². The normalized spacial score (nSPS) is 24.4. The number of rotatable bonds is 6. The zero-order valence-corrected chi connectivity index (χ0v) is 9.66. The zero-order valence-electron chi connectivity index (χ0n) is 9.66. The van der Waals surface area contributed by atoms with E-state index in [4.69, 9.17) is 4.74 Å². The molecule has 92 valence electrons. The average Bonchev–Trinajstić information content (AvgIpc) is 2.63. The van der Waals surface area contributed by atoms with Crippen LogP contribution in [0.2, 0.25) is 0 Å². The molecule has 1 aliphatic heterocycles. The molecule has 5 nitrogen and oxygen atoms in total. The van der Waals surface area contributed by atoms with Crippen LogP contribution in [0, 0.1) is 0 Å². The molecule has 1 saturated heterocycles. The van der Waals surface area contributed by atoms with Gasteiger partial charge in [0.2, 0.25) is 5.91 Å². The first-order valence-corrected chi connectivity index (χ1v) is 5.51. The van der Waals surface area contributed by atoms with Crippen LogP contribution in [-0.2, 0) is 9.53 Å². The molecule has 1 fully saturated rings. The van der Waals surface area contributed by atoms with Crippen molar-refractivity contribution in [2.75, 3.05) is 26.3 Å². The Hall–Kier alpha value is -0.910. The average molecular weight is 228 g/mol. The van der Waals surface area contributed by atoms with Crippen LogP contribution >= 0.6 is 0 Å². The van der Waals surface area contributed by atoms with Gasteiger partial charge in [0.1, 0.15) is 0 Å². The third-order valence-corrected chi connectivity index (χ3v) is 2.32. The topological polar surface area (TPSA) is 70.6 Å². The number of hydrogen-bond acceptors (Lipinski definition) is 4. The Morgan fingerprint density at radius 1 is 1.69 bits per heavy atom. The highest BCUT2D eigenvalue weighted by Gasteiger charge is 2.27. The van der Waals surface area contributed by atoms with Crippen molar-refractivity contribution >= 4 is 5.91 Å². The predicted octanol–water partition coefficient (Wildman–Crippen LogP) is -0.582. The van der Waals surface area contributed by atoms with Crippen LogP contribution in [0.1, 0.15) is 13.3 Å². The van der Waals surface area contributed by atoms with E-state index in [0.717, 1.165) is 5.57 Å². The molecule has 1 aliphatic rings. The molecule has 0 aromatic heterocycles. The lowest BCUT2D eigenvalue weighted by Gasteiger charge is -2.11. The van der Waals surface area contributed by atoms with Crippen LogP contribution < -0.4 is 10.6 Å². The third-order valence-electron chi connectivity index (χ3n) is 2.32. The quantitative estimate of drug-likeness (QED) is 0.420. The number of nitrogens with one attached hydrogen (secondary N) is 2. The predicted molar refractivity (Wildman–Crippen MR) is 61.1 cm³/mol. The second kappa shape index (κ2) is 6.62. The summed E-state index contributed by atoms with van der Waals surface area (Å²) in [5.74, 6) is -0.0736. The molecule has 2 atom stereocenters. The van der Waals surface area contributed by atoms with Gasteiger partial charge in [0.15, 0.2) is 0 Å². The minimum absolute atomic E-state index is 0.0736. The van der Waals surface area contributed by atoms with Gasteiger partial charge in [0, 0.05) is 13.1 Å². The van der Waals surface area contributed by atoms with E-state index < -0.39 is 6.10 Å². The molecule has 1 rings (SSSR count). The summed E-state index contributed by atoms with van der Waals surface area (Å²) >= 11 is 0. The molecule has 5 heteroatoms. The molecular formula is C11H20N2O3. The van der Waals surface area contributed by atoms with Gasteiger partial charge in [-0.25, -0.2) is 0 Å². The Balaban J connectivity index is 2.04. The standard InChI is InChI=1S/C11H20N2O3/c1-8(2)7-16-4-3-12-11(15)10-5-9(14)6-13-10/h9-10,13-14H,1,3-7H2,2H3,(H,12,15). The summed E-state index contributed by atoms with van der Waals surface area (Å²) in [7, 11) is 0. The van der Waals surface area contributed by atoms with Crippen molar-refractivity contribution in [3.8, 4) is 0 Å². The van der Waals surface area contributed by atoms with E-state index in [1.165, 1.54) is 0 Å². The smallest absolute Gasteiger partial charge is 0.237 e. The van der Waals surface area contributed by atoms with Crippen molar-refractivity contribution in [1.82, 2.24) is 10.6 Å². The Morgan fingerprint density at radius 3 is 3.00 bits per heavy atom. The van der Waals surface area contributed by atoms with E-state index in [1.54, 1.807) is 0 Å². The number of carbonyl (C=O) groups excluding carboxylic acids is 1. The van der Waals surface area contributed by atoms with Gasteiger partial charge in [-0.05, 0) is 13.3 Å². The minimum Gasteiger partial charge on any atom is -0.392 e. The summed E-state index contributed by atoms with van der Waals surface area (Å²) in [6.45, 7) is 7.58. The highest BCUT2D eigenvalue weighted by molar-refractivity contribution is 5.82. The van der Waals surface area contributed by atoms with Crippen LogP contribution in [0.25, 0.3) is 0 Å². The van der Waals surface area contributed by atoms with Crippen molar-refractivity contribution in [2.24, 2.45) is 0 Å². The van der Waals surface area contributed by atoms with Crippen LogP contribution in [0.15, 0.2) is 12.2 Å². The Morgan fingerprint density at radius 2 is 2.44 bits per heavy atom. The number of carbonyl (C=O) groups is 1. The van der Waals surface area contributed by atoms with E-state index >= 15 is 0 Å². The largest absolute Gasteiger partial charge is 0.392 e. The zero-order chi connectivity index (χ0) is 12.0. The van der Waals surface area contributed by atoms with Gasteiger partial charge in [-0.1, -0.05) is 12.2 Å². The van der Waals surface area contributed by atoms with E-state index in [0.29, 0.717) is 32.7 Å². The summed E-state index contributed by atoms with van der Waals surface area (Å²) < 4.78 is 5.25. The number of aliphatic hydroxyl groups excluding tert-OH is 1. The molecule has 1 amide bonds. The summed E-state index contributed by atoms with van der Waals surface area (Å²) in [5, 5.41) is 14.9. The van der Waals surface area contributed by atoms with Gasteiger partial charge in [0.25, 0.3) is 0 Å². The minimum atomic E-state index is -0.407. The van der Waals surface area contributed by atoms with Crippen molar-refractivity contribution < 1.29 is 14.6 Å². The van der Waals surface area contributed by atoms with Crippen LogP contribution in [-0.4, -0.2) is 49.5 Å². The number of hydrogen-bond donors (Lipinski definition) is 3. The van der Waals surface area contributed by atoms with Crippen LogP contribution in [0.5, 0.6) is 0 Å². The Kier molecular flexibility index (Phi) is 5.45. The molecule has 0 aromatic rings. The molecule has 0 spiro atoms. The summed E-state index contributed by atoms with van der Waals surface area (Å²) in [6, 6.07) is -0.267. The van der Waals surface area contributed by atoms with Gasteiger partial charge in [0.05, 0.1) is 25.4 Å². The molecule has 0 saturated carbocycles. The number of aliphatic hydroxyl groups is 1. The number of ether oxygens (including phenoxy) is 1. The lowest BCUT2D eigenvalue weighted by molar-refractivity contribution is -0.123. The summed E-state index contributed by atoms with van der Waals surface area (Å²) in [5.41, 5.74) is 0.965. The van der Waals surface area contributed by atoms with E-state index in [1.807, 2.05) is 6.92 Å². The fraction of sp³-hybridized carbons (Fsp3) is 0.727. The SMILES string of the molecule is C=C(C)COCCNC(=O)C1CC(O)CN1. The second-order valence-electron chi connectivity index (χ2n) is 4.15. The second-order valence-corrected chi connectivity index (χ2v) is 4.15. The Labute approximate surface area is 95.9 Å². The van der Waals surface area contributed by atoms with Gasteiger partial charge in [-0.2, -0.15) is 0 Å².